The fourth-order valence-corrected chi connectivity index (χ4v) is 4.59. The van der Waals surface area contributed by atoms with Crippen molar-refractivity contribution in [2.45, 2.75) is 26.4 Å². The highest BCUT2D eigenvalue weighted by Gasteiger charge is 2.33. The molecule has 0 N–H and O–H groups in total. The first-order valence-corrected chi connectivity index (χ1v) is 11.2. The molecule has 0 radical (unpaired) electrons. The smallest absolute Gasteiger partial charge is 0.320 e. The average molecular weight is 441 g/mol. The van der Waals surface area contributed by atoms with Gasteiger partial charge in [-0.05, 0) is 43.2 Å². The Morgan fingerprint density at radius 3 is 2.55 bits per heavy atom. The average Bonchev–Trinajstić information content (AvgIpc) is 3.09. The van der Waals surface area contributed by atoms with E-state index < -0.39 is 0 Å². The fraction of sp³-hybridized carbons (Fsp3) is 0.417. The third-order valence-electron chi connectivity index (χ3n) is 6.14. The number of anilines is 1. The zero-order chi connectivity index (χ0) is 22.0. The Hall–Kier alpha value is -2.73. The van der Waals surface area contributed by atoms with Crippen LogP contribution < -0.4 is 4.90 Å². The predicted octanol–water partition coefficient (Wildman–Crippen LogP) is 3.62. The number of rotatable bonds is 5. The molecule has 2 heterocycles. The van der Waals surface area contributed by atoms with Crippen molar-refractivity contribution in [3.8, 4) is 0 Å². The highest BCUT2D eigenvalue weighted by Crippen LogP contribution is 2.23. The Morgan fingerprint density at radius 1 is 1.03 bits per heavy atom. The summed E-state index contributed by atoms with van der Waals surface area (Å²) in [5.41, 5.74) is 3.36. The molecule has 0 spiro atoms. The molecule has 2 aromatic carbocycles. The van der Waals surface area contributed by atoms with Gasteiger partial charge >= 0.3 is 6.03 Å². The maximum Gasteiger partial charge on any atom is 0.320 e. The first-order valence-electron chi connectivity index (χ1n) is 10.8. The van der Waals surface area contributed by atoms with Crippen molar-refractivity contribution < 1.29 is 9.59 Å². The minimum absolute atomic E-state index is 0.0173. The van der Waals surface area contributed by atoms with E-state index in [1.54, 1.807) is 9.80 Å². The van der Waals surface area contributed by atoms with Crippen LogP contribution in [0.15, 0.2) is 48.5 Å². The second-order valence-corrected chi connectivity index (χ2v) is 8.85. The van der Waals surface area contributed by atoms with E-state index in [9.17, 15) is 9.59 Å². The SMILES string of the molecule is Cc1cccc(N2CCN(C(=O)CN3CCN(Cc4ccccc4Cl)C3=O)C[C@@H]2C)c1. The van der Waals surface area contributed by atoms with Crippen LogP contribution in [0.3, 0.4) is 0 Å². The molecular weight excluding hydrogens is 412 g/mol. The standard InChI is InChI=1S/C24H29ClN4O2/c1-18-6-5-8-21(14-18)29-13-12-26(15-19(29)2)23(30)17-28-11-10-27(24(28)31)16-20-7-3-4-9-22(20)25/h3-9,14,19H,10-13,15-17H2,1-2H3/t19-/m0/s1. The first-order chi connectivity index (χ1) is 14.9. The van der Waals surface area contributed by atoms with Crippen LogP contribution in [0.4, 0.5) is 10.5 Å². The molecule has 0 aromatic heterocycles. The van der Waals surface area contributed by atoms with Gasteiger partial charge in [0.1, 0.15) is 6.54 Å². The lowest BCUT2D eigenvalue weighted by molar-refractivity contribution is -0.132. The van der Waals surface area contributed by atoms with Crippen molar-refractivity contribution in [1.82, 2.24) is 14.7 Å². The highest BCUT2D eigenvalue weighted by atomic mass is 35.5. The predicted molar refractivity (Wildman–Crippen MR) is 123 cm³/mol. The monoisotopic (exact) mass is 440 g/mol. The van der Waals surface area contributed by atoms with Gasteiger partial charge in [0, 0.05) is 56.0 Å². The van der Waals surface area contributed by atoms with Crippen LogP contribution in [-0.4, -0.2) is 71.9 Å². The van der Waals surface area contributed by atoms with Crippen LogP contribution in [0.1, 0.15) is 18.1 Å². The fourth-order valence-electron chi connectivity index (χ4n) is 4.40. The van der Waals surface area contributed by atoms with Crippen LogP contribution in [0.5, 0.6) is 0 Å². The maximum absolute atomic E-state index is 12.9. The van der Waals surface area contributed by atoms with Crippen molar-refractivity contribution >= 4 is 29.2 Å². The Balaban J connectivity index is 1.32. The summed E-state index contributed by atoms with van der Waals surface area (Å²) in [6, 6.07) is 16.2. The van der Waals surface area contributed by atoms with Crippen molar-refractivity contribution in [3.63, 3.8) is 0 Å². The number of benzene rings is 2. The summed E-state index contributed by atoms with van der Waals surface area (Å²) in [4.78, 5) is 33.4. The van der Waals surface area contributed by atoms with E-state index in [2.05, 4.69) is 43.0 Å². The summed E-state index contributed by atoms with van der Waals surface area (Å²) in [7, 11) is 0. The van der Waals surface area contributed by atoms with Crippen LogP contribution in [0.25, 0.3) is 0 Å². The topological polar surface area (TPSA) is 47.1 Å². The summed E-state index contributed by atoms with van der Waals surface area (Å²) >= 11 is 6.23. The molecule has 0 saturated carbocycles. The summed E-state index contributed by atoms with van der Waals surface area (Å²) in [5, 5.41) is 0.658. The Bertz CT molecular complexity index is 966. The van der Waals surface area contributed by atoms with Gasteiger partial charge in [0.15, 0.2) is 0 Å². The van der Waals surface area contributed by atoms with E-state index >= 15 is 0 Å². The molecule has 2 aliphatic rings. The molecule has 4 rings (SSSR count). The van der Waals surface area contributed by atoms with Crippen LogP contribution in [0, 0.1) is 6.92 Å². The van der Waals surface area contributed by atoms with E-state index in [0.717, 1.165) is 12.1 Å². The molecule has 2 aromatic rings. The number of hydrogen-bond acceptors (Lipinski definition) is 3. The van der Waals surface area contributed by atoms with E-state index in [0.29, 0.717) is 37.7 Å². The van der Waals surface area contributed by atoms with Gasteiger partial charge in [-0.2, -0.15) is 0 Å². The second kappa shape index (κ2) is 9.18. The molecule has 164 valence electrons. The Kier molecular flexibility index (Phi) is 6.37. The van der Waals surface area contributed by atoms with Crippen molar-refractivity contribution in [1.29, 1.82) is 0 Å². The lowest BCUT2D eigenvalue weighted by atomic mass is 10.1. The van der Waals surface area contributed by atoms with Gasteiger partial charge in [-0.25, -0.2) is 4.79 Å². The van der Waals surface area contributed by atoms with E-state index in [-0.39, 0.29) is 24.5 Å². The number of halogens is 1. The van der Waals surface area contributed by atoms with Gasteiger partial charge in [0.05, 0.1) is 0 Å². The van der Waals surface area contributed by atoms with Crippen LogP contribution in [-0.2, 0) is 11.3 Å². The molecule has 31 heavy (non-hydrogen) atoms. The highest BCUT2D eigenvalue weighted by molar-refractivity contribution is 6.31. The number of urea groups is 1. The van der Waals surface area contributed by atoms with Crippen molar-refractivity contribution in [2.75, 3.05) is 44.2 Å². The molecule has 1 atom stereocenters. The molecule has 0 unspecified atom stereocenters. The number of aryl methyl sites for hydroxylation is 1. The number of nitrogens with zero attached hydrogens (tertiary/aromatic N) is 4. The van der Waals surface area contributed by atoms with Crippen LogP contribution in [0.2, 0.25) is 5.02 Å². The largest absolute Gasteiger partial charge is 0.365 e. The Morgan fingerprint density at radius 2 is 1.81 bits per heavy atom. The zero-order valence-electron chi connectivity index (χ0n) is 18.1. The minimum Gasteiger partial charge on any atom is -0.365 e. The Labute approximate surface area is 189 Å². The molecule has 3 amide bonds. The minimum atomic E-state index is -0.0975. The lowest BCUT2D eigenvalue weighted by Gasteiger charge is -2.41. The maximum atomic E-state index is 12.9. The van der Waals surface area contributed by atoms with Gasteiger partial charge in [-0.3, -0.25) is 4.79 Å². The van der Waals surface area contributed by atoms with E-state index in [1.165, 1.54) is 11.3 Å². The van der Waals surface area contributed by atoms with Gasteiger partial charge in [-0.15, -0.1) is 0 Å². The number of piperazine rings is 1. The lowest BCUT2D eigenvalue weighted by Crippen LogP contribution is -2.55. The molecule has 2 aliphatic heterocycles. The van der Waals surface area contributed by atoms with Gasteiger partial charge in [-0.1, -0.05) is 41.9 Å². The quantitative estimate of drug-likeness (QED) is 0.713. The zero-order valence-corrected chi connectivity index (χ0v) is 18.9. The third kappa shape index (κ3) is 4.79. The summed E-state index contributed by atoms with van der Waals surface area (Å²) < 4.78 is 0. The van der Waals surface area contributed by atoms with Gasteiger partial charge in [0.25, 0.3) is 0 Å². The molecule has 2 fully saturated rings. The molecule has 2 saturated heterocycles. The summed E-state index contributed by atoms with van der Waals surface area (Å²) in [5.74, 6) is 0.0173. The molecule has 6 nitrogen and oxygen atoms in total. The van der Waals surface area contributed by atoms with Crippen molar-refractivity contribution in [2.24, 2.45) is 0 Å². The van der Waals surface area contributed by atoms with Crippen LogP contribution >= 0.6 is 11.6 Å². The van der Waals surface area contributed by atoms with Gasteiger partial charge < -0.3 is 19.6 Å². The first kappa shape index (κ1) is 21.5. The third-order valence-corrected chi connectivity index (χ3v) is 6.51. The van der Waals surface area contributed by atoms with Crippen molar-refractivity contribution in [3.05, 3.63) is 64.7 Å². The summed E-state index contributed by atoms with van der Waals surface area (Å²) in [6.07, 6.45) is 0. The molecular formula is C24H29ClN4O2. The molecule has 0 aliphatic carbocycles. The number of hydrogen-bond donors (Lipinski definition) is 0. The molecule has 0 bridgehead atoms. The van der Waals surface area contributed by atoms with E-state index in [1.807, 2.05) is 29.2 Å². The number of carbonyl (C=O) groups excluding carboxylic acids is 2. The molecule has 7 heteroatoms. The second-order valence-electron chi connectivity index (χ2n) is 8.44. The summed E-state index contributed by atoms with van der Waals surface area (Å²) in [6.45, 7) is 8.14. The number of amides is 3. The van der Waals surface area contributed by atoms with Gasteiger partial charge in [0.2, 0.25) is 5.91 Å². The van der Waals surface area contributed by atoms with E-state index in [4.69, 9.17) is 11.6 Å². The number of carbonyl (C=O) groups is 2. The normalized spacial score (nSPS) is 19.3.